The fraction of sp³-hybridized carbons (Fsp3) is 0.500. The van der Waals surface area contributed by atoms with Crippen LogP contribution in [0.25, 0.3) is 0 Å². The number of aliphatic imine (C=N–C) groups is 1. The number of hydrogen-bond acceptors (Lipinski definition) is 6. The molecule has 7 nitrogen and oxygen atoms in total. The quantitative estimate of drug-likeness (QED) is 0.731. The van der Waals surface area contributed by atoms with Crippen molar-refractivity contribution in [3.8, 4) is 6.07 Å². The molecule has 0 fully saturated rings. The number of ether oxygens (including phenoxy) is 1. The van der Waals surface area contributed by atoms with E-state index in [1.807, 2.05) is 0 Å². The third kappa shape index (κ3) is 6.13. The summed E-state index contributed by atoms with van der Waals surface area (Å²) >= 11 is 0.885. The van der Waals surface area contributed by atoms with Crippen LogP contribution in [0, 0.1) is 11.3 Å². The summed E-state index contributed by atoms with van der Waals surface area (Å²) in [7, 11) is 0. The van der Waals surface area contributed by atoms with Crippen LogP contribution in [0.2, 0.25) is 0 Å². The van der Waals surface area contributed by atoms with E-state index in [-0.39, 0.29) is 23.2 Å². The summed E-state index contributed by atoms with van der Waals surface area (Å²) in [5.41, 5.74) is -3.24. The van der Waals surface area contributed by atoms with Crippen molar-refractivity contribution >= 4 is 28.9 Å². The monoisotopic (exact) mass is 456 g/mol. The average molecular weight is 456 g/mol. The third-order valence-electron chi connectivity index (χ3n) is 4.26. The van der Waals surface area contributed by atoms with Crippen LogP contribution in [0.1, 0.15) is 45.7 Å². The third-order valence-corrected chi connectivity index (χ3v) is 5.24. The van der Waals surface area contributed by atoms with Gasteiger partial charge in [0.2, 0.25) is 0 Å². The van der Waals surface area contributed by atoms with E-state index in [4.69, 9.17) is 10.00 Å². The number of rotatable bonds is 4. The molecule has 0 aliphatic carbocycles. The van der Waals surface area contributed by atoms with E-state index in [1.165, 1.54) is 12.1 Å². The number of amidine groups is 1. The van der Waals surface area contributed by atoms with Gasteiger partial charge in [0.25, 0.3) is 5.91 Å². The second-order valence-electron chi connectivity index (χ2n) is 8.26. The van der Waals surface area contributed by atoms with Crippen LogP contribution in [0.5, 0.6) is 0 Å². The summed E-state index contributed by atoms with van der Waals surface area (Å²) in [6.45, 7) is 8.77. The largest absolute Gasteiger partial charge is 0.444 e. The Bertz CT molecular complexity index is 946. The molecule has 1 N–H and O–H groups in total. The maximum absolute atomic E-state index is 13.2. The highest BCUT2D eigenvalue weighted by molar-refractivity contribution is 8.13. The minimum atomic E-state index is -4.69. The van der Waals surface area contributed by atoms with Gasteiger partial charge in [-0.3, -0.25) is 4.79 Å². The summed E-state index contributed by atoms with van der Waals surface area (Å²) in [5, 5.41) is 11.7. The molecule has 0 bridgehead atoms. The molecule has 1 aliphatic heterocycles. The summed E-state index contributed by atoms with van der Waals surface area (Å²) in [6.07, 6.45) is -5.31. The first kappa shape index (κ1) is 24.5. The van der Waals surface area contributed by atoms with Gasteiger partial charge in [0, 0.05) is 18.0 Å². The van der Waals surface area contributed by atoms with Crippen LogP contribution in [0.4, 0.5) is 18.0 Å². The van der Waals surface area contributed by atoms with Crippen LogP contribution < -0.4 is 5.32 Å². The van der Waals surface area contributed by atoms with E-state index in [2.05, 4.69) is 10.3 Å². The van der Waals surface area contributed by atoms with E-state index in [1.54, 1.807) is 39.5 Å². The number of nitrogens with one attached hydrogen (secondary N) is 1. The summed E-state index contributed by atoms with van der Waals surface area (Å²) in [6, 6.07) is 4.84. The zero-order valence-corrected chi connectivity index (χ0v) is 18.6. The molecule has 0 spiro atoms. The van der Waals surface area contributed by atoms with Crippen LogP contribution in [0.15, 0.2) is 28.1 Å². The highest BCUT2D eigenvalue weighted by Crippen LogP contribution is 2.37. The van der Waals surface area contributed by atoms with E-state index >= 15 is 0 Å². The number of hydrogen-bond donors (Lipinski definition) is 1. The molecule has 0 unspecified atom stereocenters. The van der Waals surface area contributed by atoms with Gasteiger partial charge in [-0.2, -0.15) is 23.4 Å². The lowest BCUT2D eigenvalue weighted by atomic mass is 10.0. The van der Waals surface area contributed by atoms with Crippen molar-refractivity contribution in [2.45, 2.75) is 56.8 Å². The Labute approximate surface area is 182 Å². The number of halogens is 3. The van der Waals surface area contributed by atoms with E-state index in [0.717, 1.165) is 23.9 Å². The van der Waals surface area contributed by atoms with Crippen LogP contribution in [0.3, 0.4) is 0 Å². The first-order chi connectivity index (χ1) is 14.1. The molecule has 1 aromatic rings. The molecule has 2 rings (SSSR count). The van der Waals surface area contributed by atoms with Crippen molar-refractivity contribution in [1.29, 1.82) is 5.26 Å². The van der Waals surface area contributed by atoms with Gasteiger partial charge in [-0.15, -0.1) is 0 Å². The SMILES string of the molecule is CC(C)(C)OC(=O)NCCN1C(Sc2ccc(C#N)c(C(F)(F)F)c2)=NC(=O)C1(C)C. The fourth-order valence-electron chi connectivity index (χ4n) is 2.70. The van der Waals surface area contributed by atoms with Crippen molar-refractivity contribution in [3.63, 3.8) is 0 Å². The number of carbonyl (C=O) groups is 2. The number of nitrogens with zero attached hydrogens (tertiary/aromatic N) is 3. The van der Waals surface area contributed by atoms with Gasteiger partial charge in [-0.25, -0.2) is 4.79 Å². The number of nitriles is 1. The average Bonchev–Trinajstić information content (AvgIpc) is 2.82. The molecular weight excluding hydrogens is 433 g/mol. The Balaban J connectivity index is 2.17. The van der Waals surface area contributed by atoms with Crippen molar-refractivity contribution in [1.82, 2.24) is 10.2 Å². The molecule has 1 aromatic carbocycles. The first-order valence-electron chi connectivity index (χ1n) is 9.32. The maximum Gasteiger partial charge on any atom is 0.417 e. The second-order valence-corrected chi connectivity index (χ2v) is 9.30. The normalized spacial score (nSPS) is 16.0. The van der Waals surface area contributed by atoms with Gasteiger partial charge in [-0.1, -0.05) is 11.8 Å². The molecule has 0 saturated carbocycles. The Hall–Kier alpha value is -2.74. The Morgan fingerprint density at radius 3 is 2.52 bits per heavy atom. The number of alkyl halides is 3. The zero-order chi connectivity index (χ0) is 23.6. The molecule has 1 aliphatic rings. The van der Waals surface area contributed by atoms with E-state index < -0.39 is 40.4 Å². The summed E-state index contributed by atoms with van der Waals surface area (Å²) in [4.78, 5) is 30.0. The number of amides is 2. The van der Waals surface area contributed by atoms with Gasteiger partial charge >= 0.3 is 12.3 Å². The summed E-state index contributed by atoms with van der Waals surface area (Å²) in [5.74, 6) is -0.447. The zero-order valence-electron chi connectivity index (χ0n) is 17.8. The van der Waals surface area contributed by atoms with E-state index in [9.17, 15) is 22.8 Å². The van der Waals surface area contributed by atoms with Gasteiger partial charge in [0.1, 0.15) is 11.1 Å². The van der Waals surface area contributed by atoms with Gasteiger partial charge in [0.15, 0.2) is 5.17 Å². The van der Waals surface area contributed by atoms with Gasteiger partial charge < -0.3 is 15.0 Å². The number of carbonyl (C=O) groups excluding carboxylic acids is 2. The molecule has 168 valence electrons. The van der Waals surface area contributed by atoms with Crippen LogP contribution >= 0.6 is 11.8 Å². The van der Waals surface area contributed by atoms with Crippen molar-refractivity contribution in [3.05, 3.63) is 29.3 Å². The lowest BCUT2D eigenvalue weighted by molar-refractivity contribution is -0.138. The molecule has 11 heteroatoms. The minimum Gasteiger partial charge on any atom is -0.444 e. The maximum atomic E-state index is 13.2. The Morgan fingerprint density at radius 2 is 1.97 bits per heavy atom. The first-order valence-corrected chi connectivity index (χ1v) is 10.1. The fourth-order valence-corrected chi connectivity index (χ4v) is 3.78. The Kier molecular flexibility index (Phi) is 6.95. The Morgan fingerprint density at radius 1 is 1.32 bits per heavy atom. The minimum absolute atomic E-state index is 0.131. The molecule has 31 heavy (non-hydrogen) atoms. The lowest BCUT2D eigenvalue weighted by Gasteiger charge is -2.32. The molecular formula is C20H23F3N4O3S. The lowest BCUT2D eigenvalue weighted by Crippen LogP contribution is -2.49. The topological polar surface area (TPSA) is 94.8 Å². The molecule has 2 amide bonds. The number of thioether (sulfide) groups is 1. The standard InChI is InChI=1S/C20H23F3N4O3S/c1-18(2,3)30-17(29)25-8-9-27-16(26-15(28)19(27,4)5)31-13-7-6-12(11-24)14(10-13)20(21,22)23/h6-7,10H,8-9H2,1-5H3,(H,25,29). The van der Waals surface area contributed by atoms with Crippen LogP contribution in [-0.2, 0) is 15.7 Å². The highest BCUT2D eigenvalue weighted by Gasteiger charge is 2.43. The van der Waals surface area contributed by atoms with Crippen molar-refractivity contribution in [2.75, 3.05) is 13.1 Å². The summed E-state index contributed by atoms with van der Waals surface area (Å²) < 4.78 is 44.9. The number of alkyl carbamates (subject to hydrolysis) is 1. The predicted octanol–water partition coefficient (Wildman–Crippen LogP) is 4.17. The number of benzene rings is 1. The van der Waals surface area contributed by atoms with Gasteiger partial charge in [0.05, 0.1) is 17.2 Å². The molecule has 0 atom stereocenters. The molecule has 0 radical (unpaired) electrons. The molecule has 1 heterocycles. The highest BCUT2D eigenvalue weighted by atomic mass is 32.2. The van der Waals surface area contributed by atoms with Crippen molar-refractivity contribution < 1.29 is 27.5 Å². The van der Waals surface area contributed by atoms with Crippen LogP contribution in [-0.4, -0.2) is 46.3 Å². The molecule has 0 saturated heterocycles. The molecule has 0 aromatic heterocycles. The second kappa shape index (κ2) is 8.78. The predicted molar refractivity (Wildman–Crippen MR) is 109 cm³/mol. The smallest absolute Gasteiger partial charge is 0.417 e. The van der Waals surface area contributed by atoms with Crippen molar-refractivity contribution in [2.24, 2.45) is 4.99 Å². The van der Waals surface area contributed by atoms with Gasteiger partial charge in [-0.05, 0) is 52.8 Å². The van der Waals surface area contributed by atoms with E-state index in [0.29, 0.717) is 0 Å².